The van der Waals surface area contributed by atoms with Gasteiger partial charge in [0, 0.05) is 6.54 Å². The monoisotopic (exact) mass is 219 g/mol. The Hall–Kier alpha value is -0.130. The normalized spacial score (nSPS) is 37.4. The Morgan fingerprint density at radius 2 is 2.00 bits per heavy atom. The molecule has 3 rings (SSSR count). The van der Waals surface area contributed by atoms with E-state index in [0.29, 0.717) is 18.4 Å². The molecule has 3 saturated heterocycles. The van der Waals surface area contributed by atoms with E-state index in [-0.39, 0.29) is 0 Å². The molecule has 0 saturated carbocycles. The Balaban J connectivity index is 1.87. The summed E-state index contributed by atoms with van der Waals surface area (Å²) in [7, 11) is -3.26. The third-order valence-electron chi connectivity index (χ3n) is 3.29. The van der Waals surface area contributed by atoms with Crippen molar-refractivity contribution in [1.82, 2.24) is 4.90 Å². The van der Waals surface area contributed by atoms with Crippen LogP contribution in [-0.4, -0.2) is 45.8 Å². The first-order valence-corrected chi connectivity index (χ1v) is 6.93. The van der Waals surface area contributed by atoms with Crippen molar-refractivity contribution in [3.05, 3.63) is 0 Å². The van der Waals surface area contributed by atoms with Crippen molar-refractivity contribution >= 4 is 10.1 Å². The summed E-state index contributed by atoms with van der Waals surface area (Å²) >= 11 is 0. The van der Waals surface area contributed by atoms with Crippen LogP contribution in [0.1, 0.15) is 12.8 Å². The number of piperidine rings is 3. The van der Waals surface area contributed by atoms with Crippen LogP contribution in [0.25, 0.3) is 0 Å². The Kier molecular flexibility index (Phi) is 2.81. The van der Waals surface area contributed by atoms with E-state index in [0.717, 1.165) is 12.8 Å². The van der Waals surface area contributed by atoms with Crippen LogP contribution in [0, 0.1) is 11.8 Å². The molecule has 0 radical (unpaired) electrons. The average Bonchev–Trinajstić information content (AvgIpc) is 2.16. The van der Waals surface area contributed by atoms with Crippen molar-refractivity contribution in [2.24, 2.45) is 11.8 Å². The SMILES string of the molecule is CS(=O)(=O)OC[C@@H]1CN2CCC1CC2. The molecule has 0 aromatic carbocycles. The second-order valence-corrected chi connectivity index (χ2v) is 6.03. The van der Waals surface area contributed by atoms with E-state index in [9.17, 15) is 8.42 Å². The van der Waals surface area contributed by atoms with Gasteiger partial charge in [0.1, 0.15) is 0 Å². The molecule has 0 N–H and O–H groups in total. The van der Waals surface area contributed by atoms with Crippen molar-refractivity contribution in [3.63, 3.8) is 0 Å². The largest absolute Gasteiger partial charge is 0.303 e. The minimum atomic E-state index is -3.26. The van der Waals surface area contributed by atoms with Gasteiger partial charge in [0.25, 0.3) is 10.1 Å². The molecular formula is C9H17NO3S. The van der Waals surface area contributed by atoms with Crippen LogP contribution in [0.15, 0.2) is 0 Å². The summed E-state index contributed by atoms with van der Waals surface area (Å²) in [6, 6.07) is 0. The van der Waals surface area contributed by atoms with Crippen molar-refractivity contribution in [2.75, 3.05) is 32.5 Å². The van der Waals surface area contributed by atoms with Gasteiger partial charge in [-0.1, -0.05) is 0 Å². The fourth-order valence-electron chi connectivity index (χ4n) is 2.49. The Morgan fingerprint density at radius 3 is 2.43 bits per heavy atom. The third kappa shape index (κ3) is 2.46. The van der Waals surface area contributed by atoms with Crippen LogP contribution in [0.5, 0.6) is 0 Å². The second kappa shape index (κ2) is 3.79. The summed E-state index contributed by atoms with van der Waals surface area (Å²) in [6.07, 6.45) is 3.53. The first kappa shape index (κ1) is 10.4. The van der Waals surface area contributed by atoms with E-state index < -0.39 is 10.1 Å². The van der Waals surface area contributed by atoms with Gasteiger partial charge in [0.15, 0.2) is 0 Å². The molecule has 82 valence electrons. The minimum Gasteiger partial charge on any atom is -0.303 e. The van der Waals surface area contributed by atoms with Gasteiger partial charge >= 0.3 is 0 Å². The Labute approximate surface area is 85.4 Å². The lowest BCUT2D eigenvalue weighted by molar-refractivity contribution is 0.0273. The molecule has 14 heavy (non-hydrogen) atoms. The summed E-state index contributed by atoms with van der Waals surface area (Å²) in [5.74, 6) is 1.11. The molecule has 0 spiro atoms. The zero-order valence-electron chi connectivity index (χ0n) is 8.48. The van der Waals surface area contributed by atoms with Crippen LogP contribution < -0.4 is 0 Å². The number of rotatable bonds is 3. The molecule has 0 aliphatic carbocycles. The van der Waals surface area contributed by atoms with Crippen molar-refractivity contribution in [1.29, 1.82) is 0 Å². The predicted octanol–water partition coefficient (Wildman–Crippen LogP) is 0.304. The first-order chi connectivity index (χ1) is 6.54. The fourth-order valence-corrected chi connectivity index (χ4v) is 2.91. The van der Waals surface area contributed by atoms with E-state index in [4.69, 9.17) is 4.18 Å². The first-order valence-electron chi connectivity index (χ1n) is 5.11. The number of hydrogen-bond donors (Lipinski definition) is 0. The fraction of sp³-hybridized carbons (Fsp3) is 1.00. The lowest BCUT2D eigenvalue weighted by Gasteiger charge is -2.44. The molecule has 0 aromatic rings. The predicted molar refractivity (Wildman–Crippen MR) is 53.4 cm³/mol. The molecule has 3 heterocycles. The van der Waals surface area contributed by atoms with Crippen LogP contribution in [0.3, 0.4) is 0 Å². The molecule has 4 nitrogen and oxygen atoms in total. The number of hydrogen-bond acceptors (Lipinski definition) is 4. The zero-order chi connectivity index (χ0) is 10.2. The highest BCUT2D eigenvalue weighted by Gasteiger charge is 2.34. The molecule has 0 aromatic heterocycles. The van der Waals surface area contributed by atoms with Gasteiger partial charge in [-0.05, 0) is 37.8 Å². The summed E-state index contributed by atoms with van der Waals surface area (Å²) < 4.78 is 26.6. The minimum absolute atomic E-state index is 0.375. The van der Waals surface area contributed by atoms with Crippen LogP contribution in [0.4, 0.5) is 0 Å². The van der Waals surface area contributed by atoms with E-state index in [1.807, 2.05) is 0 Å². The van der Waals surface area contributed by atoms with Gasteiger partial charge in [-0.25, -0.2) is 0 Å². The van der Waals surface area contributed by atoms with Crippen molar-refractivity contribution < 1.29 is 12.6 Å². The maximum atomic E-state index is 10.8. The summed E-state index contributed by atoms with van der Waals surface area (Å²) in [5.41, 5.74) is 0. The summed E-state index contributed by atoms with van der Waals surface area (Å²) in [5, 5.41) is 0. The lowest BCUT2D eigenvalue weighted by atomic mass is 9.80. The number of nitrogens with zero attached hydrogens (tertiary/aromatic N) is 1. The van der Waals surface area contributed by atoms with Gasteiger partial charge in [0.2, 0.25) is 0 Å². The second-order valence-electron chi connectivity index (χ2n) is 4.39. The third-order valence-corrected chi connectivity index (χ3v) is 3.85. The molecule has 5 heteroatoms. The molecule has 3 fully saturated rings. The molecule has 2 bridgehead atoms. The van der Waals surface area contributed by atoms with E-state index >= 15 is 0 Å². The smallest absolute Gasteiger partial charge is 0.264 e. The average molecular weight is 219 g/mol. The molecule has 0 amide bonds. The zero-order valence-corrected chi connectivity index (χ0v) is 9.29. The van der Waals surface area contributed by atoms with E-state index in [1.54, 1.807) is 0 Å². The molecule has 3 aliphatic heterocycles. The van der Waals surface area contributed by atoms with Gasteiger partial charge < -0.3 is 4.90 Å². The molecular weight excluding hydrogens is 202 g/mol. The van der Waals surface area contributed by atoms with E-state index in [1.165, 1.54) is 25.9 Å². The maximum Gasteiger partial charge on any atom is 0.264 e. The van der Waals surface area contributed by atoms with Crippen LogP contribution in [-0.2, 0) is 14.3 Å². The van der Waals surface area contributed by atoms with Gasteiger partial charge in [-0.15, -0.1) is 0 Å². The molecule has 3 aliphatic rings. The van der Waals surface area contributed by atoms with Crippen molar-refractivity contribution in [3.8, 4) is 0 Å². The Bertz CT molecular complexity index is 293. The van der Waals surface area contributed by atoms with Crippen molar-refractivity contribution in [2.45, 2.75) is 12.8 Å². The van der Waals surface area contributed by atoms with Gasteiger partial charge in [-0.2, -0.15) is 8.42 Å². The number of fused-ring (bicyclic) bond motifs is 3. The van der Waals surface area contributed by atoms with Gasteiger partial charge in [-0.3, -0.25) is 4.18 Å². The highest BCUT2D eigenvalue weighted by atomic mass is 32.2. The molecule has 1 atom stereocenters. The highest BCUT2D eigenvalue weighted by Crippen LogP contribution is 2.32. The lowest BCUT2D eigenvalue weighted by Crippen LogP contribution is -2.48. The van der Waals surface area contributed by atoms with Crippen LogP contribution >= 0.6 is 0 Å². The topological polar surface area (TPSA) is 46.6 Å². The van der Waals surface area contributed by atoms with E-state index in [2.05, 4.69) is 4.90 Å². The Morgan fingerprint density at radius 1 is 1.36 bits per heavy atom. The maximum absolute atomic E-state index is 10.8. The van der Waals surface area contributed by atoms with Crippen LogP contribution in [0.2, 0.25) is 0 Å². The molecule has 0 unspecified atom stereocenters. The standard InChI is InChI=1S/C9H17NO3S/c1-14(11,12)13-7-9-6-10-4-2-8(9)3-5-10/h8-9H,2-7H2,1H3/t9-/m0/s1. The highest BCUT2D eigenvalue weighted by molar-refractivity contribution is 7.85. The van der Waals surface area contributed by atoms with Gasteiger partial charge in [0.05, 0.1) is 12.9 Å². The summed E-state index contributed by atoms with van der Waals surface area (Å²) in [6.45, 7) is 3.75. The summed E-state index contributed by atoms with van der Waals surface area (Å²) in [4.78, 5) is 2.40. The quantitative estimate of drug-likeness (QED) is 0.641.